The lowest BCUT2D eigenvalue weighted by molar-refractivity contribution is -0.277. The van der Waals surface area contributed by atoms with Crippen molar-refractivity contribution in [2.45, 2.75) is 90.4 Å². The fraction of sp³-hybridized carbons (Fsp3) is 0.739. The van der Waals surface area contributed by atoms with E-state index in [9.17, 15) is 28.8 Å². The van der Waals surface area contributed by atoms with E-state index in [1.807, 2.05) is 0 Å². The average Bonchev–Trinajstić information content (AvgIpc) is 2.77. The first kappa shape index (κ1) is 31.8. The number of amides is 2. The average molecular weight is 533 g/mol. The smallest absolute Gasteiger partial charge is 0.303 e. The summed E-state index contributed by atoms with van der Waals surface area (Å²) in [6, 6.07) is -1.06. The highest BCUT2D eigenvalue weighted by Gasteiger charge is 2.51. The van der Waals surface area contributed by atoms with Crippen LogP contribution in [-0.4, -0.2) is 91.2 Å². The molecule has 1 rings (SSSR count). The first-order chi connectivity index (χ1) is 17.4. The predicted octanol–water partition coefficient (Wildman–Crippen LogP) is -0.190. The van der Waals surface area contributed by atoms with Gasteiger partial charge in [-0.1, -0.05) is 0 Å². The van der Waals surface area contributed by atoms with Crippen molar-refractivity contribution < 1.29 is 57.6 Å². The molecule has 1 fully saturated rings. The van der Waals surface area contributed by atoms with Crippen LogP contribution in [0.15, 0.2) is 0 Å². The minimum absolute atomic E-state index is 0.0317. The van der Waals surface area contributed by atoms with E-state index < -0.39 is 60.4 Å². The van der Waals surface area contributed by atoms with Crippen LogP contribution in [0.25, 0.3) is 0 Å². The van der Waals surface area contributed by atoms with Gasteiger partial charge >= 0.3 is 23.9 Å². The molecule has 3 N–H and O–H groups in total. The van der Waals surface area contributed by atoms with Gasteiger partial charge in [-0.25, -0.2) is 0 Å². The van der Waals surface area contributed by atoms with Gasteiger partial charge < -0.3 is 39.4 Å². The van der Waals surface area contributed by atoms with Gasteiger partial charge in [-0.2, -0.15) is 0 Å². The summed E-state index contributed by atoms with van der Waals surface area (Å²) in [6.07, 6.45) is -3.28. The van der Waals surface area contributed by atoms with Crippen molar-refractivity contribution >= 4 is 35.7 Å². The number of hydrogen-bond acceptors (Lipinski definition) is 11. The minimum Gasteiger partial charge on any atom is -0.481 e. The molecule has 2 amide bonds. The highest BCUT2D eigenvalue weighted by molar-refractivity contribution is 5.76. The van der Waals surface area contributed by atoms with Crippen LogP contribution >= 0.6 is 0 Å². The molecule has 14 heteroatoms. The molecule has 3 unspecified atom stereocenters. The SMILES string of the molecule is CC(=O)NC1C(OC(C)=O)[C@@H](OC(C)=O)C(COC(C)=O)O[C@H]1OCCCCC(=O)NCCCC(=O)O. The highest BCUT2D eigenvalue weighted by atomic mass is 16.7. The molecule has 0 aliphatic carbocycles. The first-order valence-corrected chi connectivity index (χ1v) is 11.9. The molecule has 0 aromatic rings. The van der Waals surface area contributed by atoms with Crippen LogP contribution in [0.3, 0.4) is 0 Å². The van der Waals surface area contributed by atoms with Gasteiger partial charge in [0.05, 0.1) is 0 Å². The molecule has 1 heterocycles. The molecule has 0 aromatic heterocycles. The molecule has 210 valence electrons. The topological polar surface area (TPSA) is 193 Å². The number of carbonyl (C=O) groups is 6. The monoisotopic (exact) mass is 532 g/mol. The molecule has 14 nitrogen and oxygen atoms in total. The van der Waals surface area contributed by atoms with Crippen LogP contribution < -0.4 is 10.6 Å². The zero-order valence-electron chi connectivity index (χ0n) is 21.5. The van der Waals surface area contributed by atoms with E-state index in [1.165, 1.54) is 13.8 Å². The van der Waals surface area contributed by atoms with Gasteiger partial charge in [0.15, 0.2) is 18.5 Å². The molecule has 5 atom stereocenters. The number of nitrogens with one attached hydrogen (secondary N) is 2. The highest BCUT2D eigenvalue weighted by Crippen LogP contribution is 2.28. The number of unbranched alkanes of at least 4 members (excludes halogenated alkanes) is 1. The summed E-state index contributed by atoms with van der Waals surface area (Å²) in [6.45, 7) is 4.74. The Hall–Kier alpha value is -3.26. The first-order valence-electron chi connectivity index (χ1n) is 11.9. The van der Waals surface area contributed by atoms with E-state index in [-0.39, 0.29) is 38.5 Å². The van der Waals surface area contributed by atoms with Gasteiger partial charge in [-0.15, -0.1) is 0 Å². The molecule has 0 bridgehead atoms. The van der Waals surface area contributed by atoms with Crippen LogP contribution in [0.1, 0.15) is 59.8 Å². The molecule has 37 heavy (non-hydrogen) atoms. The van der Waals surface area contributed by atoms with Gasteiger partial charge in [0.1, 0.15) is 18.8 Å². The van der Waals surface area contributed by atoms with Crippen molar-refractivity contribution in [2.24, 2.45) is 0 Å². The zero-order chi connectivity index (χ0) is 28.0. The van der Waals surface area contributed by atoms with E-state index in [1.54, 1.807) is 0 Å². The molecule has 1 aliphatic rings. The maximum atomic E-state index is 11.9. The summed E-state index contributed by atoms with van der Waals surface area (Å²) >= 11 is 0. The number of hydrogen-bond donors (Lipinski definition) is 3. The van der Waals surface area contributed by atoms with Crippen LogP contribution in [0.2, 0.25) is 0 Å². The van der Waals surface area contributed by atoms with Crippen molar-refractivity contribution in [2.75, 3.05) is 19.8 Å². The summed E-state index contributed by atoms with van der Waals surface area (Å²) < 4.78 is 27.4. The Labute approximate surface area is 214 Å². The molecular weight excluding hydrogens is 496 g/mol. The van der Waals surface area contributed by atoms with Gasteiger partial charge in [-0.3, -0.25) is 28.8 Å². The Morgan fingerprint density at radius 3 is 2.05 bits per heavy atom. The standard InChI is InChI=1S/C23H36N2O12/c1-13(26)25-20-22(36-16(4)29)21(35-15(3)28)17(12-34-14(2)27)37-23(20)33-11-6-5-8-18(30)24-10-7-9-19(31)32/h17,20-23H,5-12H2,1-4H3,(H,24,30)(H,25,26)(H,31,32)/t17?,20?,21-,22?,23+/m0/s1. The van der Waals surface area contributed by atoms with Crippen LogP contribution in [-0.2, 0) is 52.5 Å². The molecule has 0 aromatic carbocycles. The number of aliphatic carboxylic acids is 1. The second-order valence-corrected chi connectivity index (χ2v) is 8.40. The Morgan fingerprint density at radius 2 is 1.49 bits per heavy atom. The Bertz CT molecular complexity index is 818. The fourth-order valence-corrected chi connectivity index (χ4v) is 3.58. The largest absolute Gasteiger partial charge is 0.481 e. The molecule has 0 saturated carbocycles. The van der Waals surface area contributed by atoms with Gasteiger partial charge in [0.25, 0.3) is 0 Å². The van der Waals surface area contributed by atoms with Gasteiger partial charge in [0, 0.05) is 53.7 Å². The van der Waals surface area contributed by atoms with E-state index >= 15 is 0 Å². The van der Waals surface area contributed by atoms with Gasteiger partial charge in [0.2, 0.25) is 11.8 Å². The maximum Gasteiger partial charge on any atom is 0.303 e. The van der Waals surface area contributed by atoms with Gasteiger partial charge in [-0.05, 0) is 19.3 Å². The third kappa shape index (κ3) is 13.0. The molecule has 0 spiro atoms. The molecule has 1 aliphatic heterocycles. The van der Waals surface area contributed by atoms with Crippen molar-refractivity contribution in [1.82, 2.24) is 10.6 Å². The molecular formula is C23H36N2O12. The summed E-state index contributed by atoms with van der Waals surface area (Å²) in [5, 5.41) is 13.8. The maximum absolute atomic E-state index is 11.9. The van der Waals surface area contributed by atoms with E-state index in [0.29, 0.717) is 19.3 Å². The van der Waals surface area contributed by atoms with E-state index in [4.69, 9.17) is 28.8 Å². The fourth-order valence-electron chi connectivity index (χ4n) is 3.58. The predicted molar refractivity (Wildman–Crippen MR) is 124 cm³/mol. The molecule has 0 radical (unpaired) electrons. The third-order valence-corrected chi connectivity index (χ3v) is 5.04. The summed E-state index contributed by atoms with van der Waals surface area (Å²) in [5.41, 5.74) is 0. The Balaban J connectivity index is 2.84. The lowest BCUT2D eigenvalue weighted by Crippen LogP contribution is -2.66. The van der Waals surface area contributed by atoms with Crippen LogP contribution in [0.4, 0.5) is 0 Å². The summed E-state index contributed by atoms with van der Waals surface area (Å²) in [7, 11) is 0. The lowest BCUT2D eigenvalue weighted by Gasteiger charge is -2.44. The van der Waals surface area contributed by atoms with Crippen molar-refractivity contribution in [3.63, 3.8) is 0 Å². The number of ether oxygens (including phenoxy) is 5. The summed E-state index contributed by atoms with van der Waals surface area (Å²) in [4.78, 5) is 69.2. The number of carbonyl (C=O) groups excluding carboxylic acids is 5. The lowest BCUT2D eigenvalue weighted by atomic mass is 9.96. The number of rotatable bonds is 15. The van der Waals surface area contributed by atoms with Crippen molar-refractivity contribution in [3.05, 3.63) is 0 Å². The number of carboxylic acid groups (broad SMARTS) is 1. The van der Waals surface area contributed by atoms with E-state index in [2.05, 4.69) is 10.6 Å². The van der Waals surface area contributed by atoms with E-state index in [0.717, 1.165) is 13.8 Å². The normalized spacial score (nSPS) is 22.9. The van der Waals surface area contributed by atoms with Crippen molar-refractivity contribution in [1.29, 1.82) is 0 Å². The Morgan fingerprint density at radius 1 is 0.838 bits per heavy atom. The number of esters is 3. The quantitative estimate of drug-likeness (QED) is 0.143. The zero-order valence-corrected chi connectivity index (χ0v) is 21.5. The minimum atomic E-state index is -1.21. The van der Waals surface area contributed by atoms with Crippen LogP contribution in [0.5, 0.6) is 0 Å². The second kappa shape index (κ2) is 16.5. The van der Waals surface area contributed by atoms with Crippen molar-refractivity contribution in [3.8, 4) is 0 Å². The number of carboxylic acids is 1. The Kier molecular flexibility index (Phi) is 14.1. The van der Waals surface area contributed by atoms with Crippen LogP contribution in [0, 0.1) is 0 Å². The second-order valence-electron chi connectivity index (χ2n) is 8.40. The third-order valence-electron chi connectivity index (χ3n) is 5.04. The summed E-state index contributed by atoms with van der Waals surface area (Å²) in [5.74, 6) is -3.68. The molecule has 1 saturated heterocycles.